The molecule has 1 aromatic rings. The van der Waals surface area contributed by atoms with Crippen LogP contribution in [0, 0.1) is 5.92 Å². The highest BCUT2D eigenvalue weighted by atomic mass is 32.2. The van der Waals surface area contributed by atoms with Gasteiger partial charge >= 0.3 is 0 Å². The number of fused-ring (bicyclic) bond motifs is 1. The molecule has 1 aliphatic rings. The Balaban J connectivity index is 2.03. The molecule has 1 unspecified atom stereocenters. The number of aliphatic imine (C=N–C) groups is 1. The Morgan fingerprint density at radius 3 is 2.71 bits per heavy atom. The molecule has 1 heterocycles. The first-order chi connectivity index (χ1) is 9.91. The molecular formula is C14H21N3O3S. The SMILES string of the molecule is CC(C)CNCC(O)CN1C=Nc2ccccc2S1(=O)=O. The number of sulfonamides is 1. The van der Waals surface area contributed by atoms with Crippen LogP contribution in [-0.2, 0) is 10.0 Å². The quantitative estimate of drug-likeness (QED) is 0.820. The van der Waals surface area contributed by atoms with Gasteiger partial charge in [-0.05, 0) is 24.6 Å². The average molecular weight is 311 g/mol. The minimum Gasteiger partial charge on any atom is -0.390 e. The summed E-state index contributed by atoms with van der Waals surface area (Å²) in [5.74, 6) is 0.476. The van der Waals surface area contributed by atoms with E-state index < -0.39 is 16.1 Å². The minimum atomic E-state index is -3.62. The van der Waals surface area contributed by atoms with Crippen LogP contribution in [0.2, 0.25) is 0 Å². The van der Waals surface area contributed by atoms with Crippen molar-refractivity contribution in [1.82, 2.24) is 9.62 Å². The van der Waals surface area contributed by atoms with Crippen LogP contribution in [0.25, 0.3) is 0 Å². The molecule has 2 rings (SSSR count). The Morgan fingerprint density at radius 2 is 2.00 bits per heavy atom. The standard InChI is InChI=1S/C14H21N3O3S/c1-11(2)7-15-8-12(18)9-17-10-16-13-5-3-4-6-14(13)21(17,19)20/h3-6,10-12,15,18H,7-9H2,1-2H3. The Kier molecular flexibility index (Phi) is 4.97. The van der Waals surface area contributed by atoms with E-state index in [1.54, 1.807) is 18.2 Å². The van der Waals surface area contributed by atoms with Crippen molar-refractivity contribution < 1.29 is 13.5 Å². The van der Waals surface area contributed by atoms with Crippen molar-refractivity contribution in [3.63, 3.8) is 0 Å². The molecule has 6 nitrogen and oxygen atoms in total. The van der Waals surface area contributed by atoms with Crippen molar-refractivity contribution in [3.05, 3.63) is 24.3 Å². The highest BCUT2D eigenvalue weighted by molar-refractivity contribution is 7.89. The van der Waals surface area contributed by atoms with E-state index in [0.29, 0.717) is 18.2 Å². The molecule has 116 valence electrons. The van der Waals surface area contributed by atoms with Gasteiger partial charge in [0, 0.05) is 6.54 Å². The molecule has 0 saturated heterocycles. The predicted octanol–water partition coefficient (Wildman–Crippen LogP) is 0.957. The van der Waals surface area contributed by atoms with Gasteiger partial charge < -0.3 is 10.4 Å². The van der Waals surface area contributed by atoms with Gasteiger partial charge in [0.25, 0.3) is 10.0 Å². The summed E-state index contributed by atoms with van der Waals surface area (Å²) in [6, 6.07) is 6.58. The van der Waals surface area contributed by atoms with E-state index in [9.17, 15) is 13.5 Å². The maximum Gasteiger partial charge on any atom is 0.267 e. The molecule has 0 aliphatic carbocycles. The lowest BCUT2D eigenvalue weighted by molar-refractivity contribution is 0.158. The monoisotopic (exact) mass is 311 g/mol. The maximum atomic E-state index is 12.4. The fourth-order valence-corrected chi connectivity index (χ4v) is 3.48. The summed E-state index contributed by atoms with van der Waals surface area (Å²) in [6.07, 6.45) is 0.485. The van der Waals surface area contributed by atoms with Gasteiger partial charge in [-0.1, -0.05) is 26.0 Å². The van der Waals surface area contributed by atoms with Gasteiger partial charge in [0.05, 0.1) is 18.3 Å². The third-order valence-electron chi connectivity index (χ3n) is 3.10. The predicted molar refractivity (Wildman–Crippen MR) is 82.2 cm³/mol. The van der Waals surface area contributed by atoms with Gasteiger partial charge in [-0.2, -0.15) is 0 Å². The third-order valence-corrected chi connectivity index (χ3v) is 4.86. The molecule has 0 spiro atoms. The largest absolute Gasteiger partial charge is 0.390 e. The van der Waals surface area contributed by atoms with E-state index >= 15 is 0 Å². The summed E-state index contributed by atoms with van der Waals surface area (Å²) in [6.45, 7) is 5.25. The number of rotatable bonds is 6. The molecular weight excluding hydrogens is 290 g/mol. The van der Waals surface area contributed by atoms with Crippen molar-refractivity contribution >= 4 is 22.0 Å². The van der Waals surface area contributed by atoms with Gasteiger partial charge in [0.15, 0.2) is 0 Å². The number of hydrogen-bond acceptors (Lipinski definition) is 5. The van der Waals surface area contributed by atoms with Crippen molar-refractivity contribution in [3.8, 4) is 0 Å². The van der Waals surface area contributed by atoms with E-state index in [4.69, 9.17) is 0 Å². The first kappa shape index (κ1) is 15.9. The number of β-amino-alcohol motifs (C(OH)–C–C–N with tert-alkyl or cyclic N) is 1. The Hall–Kier alpha value is -1.44. The second-order valence-corrected chi connectivity index (χ2v) is 7.35. The lowest BCUT2D eigenvalue weighted by Gasteiger charge is -2.26. The van der Waals surface area contributed by atoms with Crippen LogP contribution in [0.15, 0.2) is 34.2 Å². The zero-order valence-corrected chi connectivity index (χ0v) is 13.0. The zero-order chi connectivity index (χ0) is 15.5. The van der Waals surface area contributed by atoms with Gasteiger partial charge in [-0.25, -0.2) is 13.4 Å². The number of benzene rings is 1. The normalized spacial score (nSPS) is 17.8. The zero-order valence-electron chi connectivity index (χ0n) is 12.2. The molecule has 21 heavy (non-hydrogen) atoms. The van der Waals surface area contributed by atoms with Gasteiger partial charge in [-0.15, -0.1) is 0 Å². The van der Waals surface area contributed by atoms with E-state index in [1.165, 1.54) is 12.4 Å². The minimum absolute atomic E-state index is 0.00867. The molecule has 7 heteroatoms. The highest BCUT2D eigenvalue weighted by Crippen LogP contribution is 2.29. The summed E-state index contributed by atoms with van der Waals surface area (Å²) in [4.78, 5) is 4.30. The summed E-state index contributed by atoms with van der Waals surface area (Å²) in [7, 11) is -3.62. The first-order valence-electron chi connectivity index (χ1n) is 6.95. The van der Waals surface area contributed by atoms with Crippen LogP contribution in [-0.4, -0.2) is 49.9 Å². The van der Waals surface area contributed by atoms with Crippen LogP contribution in [0.1, 0.15) is 13.8 Å². The Bertz CT molecular complexity index is 614. The van der Waals surface area contributed by atoms with Crippen LogP contribution in [0.5, 0.6) is 0 Å². The highest BCUT2D eigenvalue weighted by Gasteiger charge is 2.29. The van der Waals surface area contributed by atoms with E-state index in [0.717, 1.165) is 10.8 Å². The van der Waals surface area contributed by atoms with E-state index in [-0.39, 0.29) is 11.4 Å². The van der Waals surface area contributed by atoms with Crippen molar-refractivity contribution in [2.24, 2.45) is 10.9 Å². The summed E-state index contributed by atoms with van der Waals surface area (Å²) < 4.78 is 25.9. The van der Waals surface area contributed by atoms with Gasteiger partial charge in [0.1, 0.15) is 11.2 Å². The molecule has 0 fully saturated rings. The molecule has 1 aromatic carbocycles. The van der Waals surface area contributed by atoms with E-state index in [2.05, 4.69) is 24.2 Å². The number of aliphatic hydroxyl groups is 1. The Labute approximate surface area is 125 Å². The van der Waals surface area contributed by atoms with Crippen LogP contribution in [0.3, 0.4) is 0 Å². The molecule has 0 amide bonds. The van der Waals surface area contributed by atoms with Crippen LogP contribution in [0.4, 0.5) is 5.69 Å². The molecule has 0 aromatic heterocycles. The van der Waals surface area contributed by atoms with Gasteiger partial charge in [-0.3, -0.25) is 4.31 Å². The van der Waals surface area contributed by atoms with Crippen molar-refractivity contribution in [2.45, 2.75) is 24.8 Å². The summed E-state index contributed by atoms with van der Waals surface area (Å²) >= 11 is 0. The van der Waals surface area contributed by atoms with Crippen LogP contribution < -0.4 is 5.32 Å². The first-order valence-corrected chi connectivity index (χ1v) is 8.39. The van der Waals surface area contributed by atoms with Gasteiger partial charge in [0.2, 0.25) is 0 Å². The van der Waals surface area contributed by atoms with Crippen molar-refractivity contribution in [1.29, 1.82) is 0 Å². The van der Waals surface area contributed by atoms with Crippen molar-refractivity contribution in [2.75, 3.05) is 19.6 Å². The Morgan fingerprint density at radius 1 is 1.29 bits per heavy atom. The third kappa shape index (κ3) is 3.81. The molecule has 2 N–H and O–H groups in total. The lowest BCUT2D eigenvalue weighted by Crippen LogP contribution is -2.42. The number of aliphatic hydroxyl groups excluding tert-OH is 1. The fraction of sp³-hybridized carbons (Fsp3) is 0.500. The van der Waals surface area contributed by atoms with Crippen LogP contribution >= 0.6 is 0 Å². The number of para-hydroxylation sites is 1. The smallest absolute Gasteiger partial charge is 0.267 e. The number of nitrogens with zero attached hydrogens (tertiary/aromatic N) is 2. The van der Waals surface area contributed by atoms with E-state index in [1.807, 2.05) is 0 Å². The summed E-state index contributed by atoms with van der Waals surface area (Å²) in [5, 5.41) is 13.1. The second kappa shape index (κ2) is 6.55. The topological polar surface area (TPSA) is 82.0 Å². The molecule has 0 radical (unpaired) electrons. The second-order valence-electron chi connectivity index (χ2n) is 5.49. The molecule has 0 bridgehead atoms. The maximum absolute atomic E-state index is 12.4. The number of nitrogens with one attached hydrogen (secondary N) is 1. The lowest BCUT2D eigenvalue weighted by atomic mass is 10.2. The molecule has 1 aliphatic heterocycles. The number of hydrogen-bond donors (Lipinski definition) is 2. The average Bonchev–Trinajstić information content (AvgIpc) is 2.42. The fourth-order valence-electron chi connectivity index (χ4n) is 2.05. The summed E-state index contributed by atoms with van der Waals surface area (Å²) in [5.41, 5.74) is 0.432. The molecule has 1 atom stereocenters. The molecule has 0 saturated carbocycles.